The zero-order chi connectivity index (χ0) is 15.1. The summed E-state index contributed by atoms with van der Waals surface area (Å²) in [5, 5.41) is 0. The molecule has 2 atom stereocenters. The third kappa shape index (κ3) is 2.64. The number of fused-ring (bicyclic) bond motifs is 1. The fraction of sp³-hybridized carbons (Fsp3) is 0.588. The van der Waals surface area contributed by atoms with Gasteiger partial charge in [-0.15, -0.1) is 0 Å². The first-order chi connectivity index (χ1) is 9.99. The number of ether oxygens (including phenoxy) is 1. The molecule has 114 valence electrons. The Morgan fingerprint density at radius 3 is 2.81 bits per heavy atom. The van der Waals surface area contributed by atoms with Crippen molar-refractivity contribution in [3.8, 4) is 5.75 Å². The van der Waals surface area contributed by atoms with Gasteiger partial charge in [0.05, 0.1) is 5.56 Å². The van der Waals surface area contributed by atoms with E-state index in [9.17, 15) is 4.79 Å². The summed E-state index contributed by atoms with van der Waals surface area (Å²) in [7, 11) is 0. The molecule has 1 aromatic carbocycles. The van der Waals surface area contributed by atoms with Gasteiger partial charge in [0, 0.05) is 11.0 Å². The third-order valence-electron chi connectivity index (χ3n) is 4.86. The van der Waals surface area contributed by atoms with Crippen LogP contribution >= 0.6 is 15.9 Å². The van der Waals surface area contributed by atoms with Crippen molar-refractivity contribution in [1.82, 2.24) is 4.90 Å². The Morgan fingerprint density at radius 2 is 2.10 bits per heavy atom. The van der Waals surface area contributed by atoms with Gasteiger partial charge in [-0.25, -0.2) is 0 Å². The highest BCUT2D eigenvalue weighted by atomic mass is 79.9. The number of benzene rings is 1. The van der Waals surface area contributed by atoms with Crippen LogP contribution in [0, 0.1) is 19.8 Å². The normalized spacial score (nSPS) is 26.4. The smallest absolute Gasteiger partial charge is 0.187 e. The Kier molecular flexibility index (Phi) is 4.10. The number of ketones is 1. The van der Waals surface area contributed by atoms with Gasteiger partial charge >= 0.3 is 0 Å². The fourth-order valence-corrected chi connectivity index (χ4v) is 3.94. The second-order valence-electron chi connectivity index (χ2n) is 6.42. The molecule has 4 heteroatoms. The number of likely N-dealkylation sites (tertiary alicyclic amines) is 1. The van der Waals surface area contributed by atoms with Gasteiger partial charge in [0.15, 0.2) is 5.78 Å². The summed E-state index contributed by atoms with van der Waals surface area (Å²) in [6.07, 6.45) is 2.44. The van der Waals surface area contributed by atoms with Crippen LogP contribution in [0.25, 0.3) is 0 Å². The molecule has 1 saturated heterocycles. The zero-order valence-corrected chi connectivity index (χ0v) is 14.5. The van der Waals surface area contributed by atoms with E-state index in [0.717, 1.165) is 40.0 Å². The quantitative estimate of drug-likeness (QED) is 0.771. The molecular formula is C17H22BrNO2. The number of hydrogen-bond acceptors (Lipinski definition) is 3. The van der Waals surface area contributed by atoms with Crippen LogP contribution in [0.2, 0.25) is 0 Å². The van der Waals surface area contributed by atoms with Crippen molar-refractivity contribution >= 4 is 21.7 Å². The van der Waals surface area contributed by atoms with Gasteiger partial charge in [-0.1, -0.05) is 22.9 Å². The van der Waals surface area contributed by atoms with E-state index >= 15 is 0 Å². The molecule has 0 aromatic heterocycles. The Morgan fingerprint density at radius 1 is 1.33 bits per heavy atom. The first-order valence-electron chi connectivity index (χ1n) is 7.69. The van der Waals surface area contributed by atoms with Gasteiger partial charge in [0.2, 0.25) is 0 Å². The van der Waals surface area contributed by atoms with E-state index in [1.807, 2.05) is 19.9 Å². The zero-order valence-electron chi connectivity index (χ0n) is 12.9. The number of halogens is 1. The predicted molar refractivity (Wildman–Crippen MR) is 87.2 cm³/mol. The Balaban J connectivity index is 1.92. The fourth-order valence-electron chi connectivity index (χ4n) is 3.42. The summed E-state index contributed by atoms with van der Waals surface area (Å²) in [6, 6.07) is 1.81. The highest BCUT2D eigenvalue weighted by Crippen LogP contribution is 2.36. The summed E-state index contributed by atoms with van der Waals surface area (Å²) >= 11 is 3.56. The lowest BCUT2D eigenvalue weighted by molar-refractivity contribution is 0.0557. The SMILES string of the molecule is Cc1c(Br)cc2c(c1C)OCC(N1CCCC(C)C1)C2=O. The van der Waals surface area contributed by atoms with Gasteiger partial charge in [0.25, 0.3) is 0 Å². The lowest BCUT2D eigenvalue weighted by atomic mass is 9.92. The molecule has 3 nitrogen and oxygen atoms in total. The standard InChI is InChI=1S/C17H22BrNO2/c1-10-5-4-6-19(8-10)15-9-21-17-12(3)11(2)14(18)7-13(17)16(15)20/h7,10,15H,4-6,8-9H2,1-3H3. The van der Waals surface area contributed by atoms with E-state index < -0.39 is 0 Å². The topological polar surface area (TPSA) is 29.5 Å². The number of hydrogen-bond donors (Lipinski definition) is 0. The van der Waals surface area contributed by atoms with E-state index in [-0.39, 0.29) is 11.8 Å². The molecular weight excluding hydrogens is 330 g/mol. The molecule has 2 unspecified atom stereocenters. The molecule has 0 radical (unpaired) electrons. The third-order valence-corrected chi connectivity index (χ3v) is 5.68. The molecule has 0 spiro atoms. The number of Topliss-reactive ketones (excluding diaryl/α,β-unsaturated/α-hetero) is 1. The van der Waals surface area contributed by atoms with E-state index in [0.29, 0.717) is 12.5 Å². The van der Waals surface area contributed by atoms with Crippen LogP contribution in [0.3, 0.4) is 0 Å². The van der Waals surface area contributed by atoms with Gasteiger partial charge < -0.3 is 4.74 Å². The van der Waals surface area contributed by atoms with Crippen molar-refractivity contribution < 1.29 is 9.53 Å². The van der Waals surface area contributed by atoms with Crippen molar-refractivity contribution in [3.63, 3.8) is 0 Å². The van der Waals surface area contributed by atoms with Crippen molar-refractivity contribution in [1.29, 1.82) is 0 Å². The molecule has 0 aliphatic carbocycles. The molecule has 2 aliphatic heterocycles. The predicted octanol–water partition coefficient (Wildman–Crippen LogP) is 3.74. The van der Waals surface area contributed by atoms with E-state index in [2.05, 4.69) is 27.8 Å². The minimum Gasteiger partial charge on any atom is -0.490 e. The number of piperidine rings is 1. The van der Waals surface area contributed by atoms with Crippen molar-refractivity contribution in [2.45, 2.75) is 39.7 Å². The first kappa shape index (κ1) is 15.0. The van der Waals surface area contributed by atoms with E-state index in [4.69, 9.17) is 4.74 Å². The summed E-state index contributed by atoms with van der Waals surface area (Å²) in [6.45, 7) is 8.83. The highest BCUT2D eigenvalue weighted by Gasteiger charge is 2.36. The second-order valence-corrected chi connectivity index (χ2v) is 7.27. The number of carbonyl (C=O) groups excluding carboxylic acids is 1. The first-order valence-corrected chi connectivity index (χ1v) is 8.49. The second kappa shape index (κ2) is 5.73. The maximum Gasteiger partial charge on any atom is 0.187 e. The molecule has 1 aromatic rings. The van der Waals surface area contributed by atoms with Crippen LogP contribution in [-0.2, 0) is 0 Å². The monoisotopic (exact) mass is 351 g/mol. The van der Waals surface area contributed by atoms with Crippen molar-refractivity contribution in [2.24, 2.45) is 5.92 Å². The Bertz CT molecular complexity index is 585. The maximum atomic E-state index is 12.9. The average molecular weight is 352 g/mol. The van der Waals surface area contributed by atoms with Crippen LogP contribution in [0.4, 0.5) is 0 Å². The summed E-state index contributed by atoms with van der Waals surface area (Å²) in [5.41, 5.74) is 2.95. The average Bonchev–Trinajstić information content (AvgIpc) is 2.46. The number of carbonyl (C=O) groups is 1. The lowest BCUT2D eigenvalue weighted by Gasteiger charge is -2.38. The van der Waals surface area contributed by atoms with Gasteiger partial charge in [-0.3, -0.25) is 9.69 Å². The van der Waals surface area contributed by atoms with Gasteiger partial charge in [0.1, 0.15) is 18.4 Å². The minimum absolute atomic E-state index is 0.116. The number of nitrogens with zero attached hydrogens (tertiary/aromatic N) is 1. The highest BCUT2D eigenvalue weighted by molar-refractivity contribution is 9.10. The van der Waals surface area contributed by atoms with Crippen molar-refractivity contribution in [2.75, 3.05) is 19.7 Å². The van der Waals surface area contributed by atoms with Crippen LogP contribution in [-0.4, -0.2) is 36.4 Å². The number of rotatable bonds is 1. The Labute approximate surface area is 134 Å². The summed E-state index contributed by atoms with van der Waals surface area (Å²) in [4.78, 5) is 15.2. The van der Waals surface area contributed by atoms with E-state index in [1.54, 1.807) is 0 Å². The van der Waals surface area contributed by atoms with Crippen molar-refractivity contribution in [3.05, 3.63) is 27.2 Å². The Hall–Kier alpha value is -0.870. The van der Waals surface area contributed by atoms with Crippen LogP contribution < -0.4 is 4.74 Å². The van der Waals surface area contributed by atoms with Crippen LogP contribution in [0.15, 0.2) is 10.5 Å². The van der Waals surface area contributed by atoms with Crippen LogP contribution in [0.5, 0.6) is 5.75 Å². The molecule has 0 saturated carbocycles. The molecule has 0 amide bonds. The summed E-state index contributed by atoms with van der Waals surface area (Å²) < 4.78 is 6.97. The molecule has 2 heterocycles. The largest absolute Gasteiger partial charge is 0.490 e. The van der Waals surface area contributed by atoms with E-state index in [1.165, 1.54) is 12.8 Å². The van der Waals surface area contributed by atoms with Gasteiger partial charge in [-0.05, 0) is 56.3 Å². The molecule has 0 N–H and O–H groups in total. The lowest BCUT2D eigenvalue weighted by Crippen LogP contribution is -2.51. The molecule has 0 bridgehead atoms. The maximum absolute atomic E-state index is 12.9. The minimum atomic E-state index is -0.116. The summed E-state index contributed by atoms with van der Waals surface area (Å²) in [5.74, 6) is 1.66. The molecule has 2 aliphatic rings. The van der Waals surface area contributed by atoms with Crippen LogP contribution in [0.1, 0.15) is 41.3 Å². The molecule has 3 rings (SSSR count). The van der Waals surface area contributed by atoms with Gasteiger partial charge in [-0.2, -0.15) is 0 Å². The molecule has 1 fully saturated rings. The molecule has 21 heavy (non-hydrogen) atoms.